The lowest BCUT2D eigenvalue weighted by molar-refractivity contribution is -0.130. The van der Waals surface area contributed by atoms with Crippen molar-refractivity contribution >= 4 is 29.3 Å². The van der Waals surface area contributed by atoms with Crippen LogP contribution >= 0.6 is 23.4 Å². The van der Waals surface area contributed by atoms with Gasteiger partial charge in [0.25, 0.3) is 0 Å². The SMILES string of the molecule is CNCC1CCCN(C(=O)CSCc2ccc(Cl)cc2)C1. The van der Waals surface area contributed by atoms with Crippen LogP contribution in [0.25, 0.3) is 0 Å². The number of carbonyl (C=O) groups is 1. The van der Waals surface area contributed by atoms with Crippen molar-refractivity contribution in [3.05, 3.63) is 34.9 Å². The minimum Gasteiger partial charge on any atom is -0.342 e. The Morgan fingerprint density at radius 2 is 2.19 bits per heavy atom. The van der Waals surface area contributed by atoms with Crippen LogP contribution in [-0.4, -0.2) is 43.2 Å². The smallest absolute Gasteiger partial charge is 0.232 e. The molecule has 1 heterocycles. The second-order valence-electron chi connectivity index (χ2n) is 5.52. The summed E-state index contributed by atoms with van der Waals surface area (Å²) in [5, 5.41) is 3.97. The number of hydrogen-bond donors (Lipinski definition) is 1. The number of piperidine rings is 1. The van der Waals surface area contributed by atoms with E-state index in [1.165, 1.54) is 12.0 Å². The number of likely N-dealkylation sites (tertiary alicyclic amines) is 1. The average molecular weight is 327 g/mol. The summed E-state index contributed by atoms with van der Waals surface area (Å²) < 4.78 is 0. The topological polar surface area (TPSA) is 32.3 Å². The molecule has 1 aromatic carbocycles. The Kier molecular flexibility index (Phi) is 6.87. The molecule has 3 nitrogen and oxygen atoms in total. The highest BCUT2D eigenvalue weighted by atomic mass is 35.5. The summed E-state index contributed by atoms with van der Waals surface area (Å²) in [6, 6.07) is 7.83. The molecule has 5 heteroatoms. The molecule has 0 spiro atoms. The van der Waals surface area contributed by atoms with E-state index < -0.39 is 0 Å². The maximum Gasteiger partial charge on any atom is 0.232 e. The van der Waals surface area contributed by atoms with Crippen molar-refractivity contribution in [3.8, 4) is 0 Å². The standard InChI is InChI=1S/C16H23ClN2OS/c1-18-9-14-3-2-8-19(10-14)16(20)12-21-11-13-4-6-15(17)7-5-13/h4-7,14,18H,2-3,8-12H2,1H3. The number of thioether (sulfide) groups is 1. The fourth-order valence-electron chi connectivity index (χ4n) is 2.67. The Hall–Kier alpha value is -0.710. The van der Waals surface area contributed by atoms with Gasteiger partial charge in [0.05, 0.1) is 5.75 Å². The van der Waals surface area contributed by atoms with Crippen molar-refractivity contribution in [2.24, 2.45) is 5.92 Å². The molecule has 1 N–H and O–H groups in total. The van der Waals surface area contributed by atoms with Gasteiger partial charge in [0.15, 0.2) is 0 Å². The number of amides is 1. The molecule has 0 radical (unpaired) electrons. The molecule has 1 fully saturated rings. The van der Waals surface area contributed by atoms with Gasteiger partial charge in [-0.15, -0.1) is 11.8 Å². The van der Waals surface area contributed by atoms with Gasteiger partial charge in [-0.25, -0.2) is 0 Å². The first-order valence-electron chi connectivity index (χ1n) is 7.43. The van der Waals surface area contributed by atoms with Gasteiger partial charge in [-0.2, -0.15) is 0 Å². The van der Waals surface area contributed by atoms with E-state index >= 15 is 0 Å². The summed E-state index contributed by atoms with van der Waals surface area (Å²) >= 11 is 7.54. The zero-order valence-electron chi connectivity index (χ0n) is 12.5. The van der Waals surface area contributed by atoms with E-state index in [2.05, 4.69) is 5.32 Å². The second-order valence-corrected chi connectivity index (χ2v) is 6.95. The molecule has 1 saturated heterocycles. The molecule has 1 aromatic rings. The van der Waals surface area contributed by atoms with Crippen molar-refractivity contribution in [3.63, 3.8) is 0 Å². The lowest BCUT2D eigenvalue weighted by atomic mass is 9.98. The van der Waals surface area contributed by atoms with E-state index in [9.17, 15) is 4.79 Å². The molecular formula is C16H23ClN2OS. The highest BCUT2D eigenvalue weighted by Crippen LogP contribution is 2.19. The van der Waals surface area contributed by atoms with Gasteiger partial charge in [-0.05, 0) is 50.0 Å². The molecule has 1 aliphatic rings. The van der Waals surface area contributed by atoms with Crippen LogP contribution in [-0.2, 0) is 10.5 Å². The minimum atomic E-state index is 0.273. The summed E-state index contributed by atoms with van der Waals surface area (Å²) in [5.41, 5.74) is 1.21. The van der Waals surface area contributed by atoms with E-state index in [-0.39, 0.29) is 5.91 Å². The number of benzene rings is 1. The van der Waals surface area contributed by atoms with E-state index in [1.54, 1.807) is 11.8 Å². The number of nitrogens with one attached hydrogen (secondary N) is 1. The van der Waals surface area contributed by atoms with Gasteiger partial charge < -0.3 is 10.2 Å². The van der Waals surface area contributed by atoms with E-state index in [4.69, 9.17) is 11.6 Å². The zero-order chi connectivity index (χ0) is 15.1. The van der Waals surface area contributed by atoms with Crippen LogP contribution in [0, 0.1) is 5.92 Å². The summed E-state index contributed by atoms with van der Waals surface area (Å²) in [4.78, 5) is 14.3. The Labute approximate surface area is 136 Å². The van der Waals surface area contributed by atoms with E-state index in [1.807, 2.05) is 36.2 Å². The molecule has 1 aliphatic heterocycles. The maximum atomic E-state index is 12.3. The molecule has 1 amide bonds. The van der Waals surface area contributed by atoms with Crippen LogP contribution in [0.1, 0.15) is 18.4 Å². The Morgan fingerprint density at radius 1 is 1.43 bits per heavy atom. The largest absolute Gasteiger partial charge is 0.342 e. The minimum absolute atomic E-state index is 0.273. The van der Waals surface area contributed by atoms with Gasteiger partial charge in [0, 0.05) is 23.9 Å². The summed E-state index contributed by atoms with van der Waals surface area (Å²) in [6.45, 7) is 2.82. The number of nitrogens with zero attached hydrogens (tertiary/aromatic N) is 1. The molecule has 0 aliphatic carbocycles. The fraction of sp³-hybridized carbons (Fsp3) is 0.562. The molecule has 21 heavy (non-hydrogen) atoms. The molecular weight excluding hydrogens is 304 g/mol. The van der Waals surface area contributed by atoms with E-state index in [0.717, 1.165) is 36.8 Å². The molecule has 1 unspecified atom stereocenters. The molecule has 0 aromatic heterocycles. The monoisotopic (exact) mass is 326 g/mol. The molecule has 2 rings (SSSR count). The van der Waals surface area contributed by atoms with Crippen LogP contribution in [0.3, 0.4) is 0 Å². The summed E-state index contributed by atoms with van der Waals surface area (Å²) in [7, 11) is 1.97. The second kappa shape index (κ2) is 8.66. The third-order valence-electron chi connectivity index (χ3n) is 3.77. The molecule has 0 bridgehead atoms. The third kappa shape index (κ3) is 5.53. The first-order valence-corrected chi connectivity index (χ1v) is 8.97. The van der Waals surface area contributed by atoms with Gasteiger partial charge in [-0.3, -0.25) is 4.79 Å². The molecule has 116 valence electrons. The van der Waals surface area contributed by atoms with Crippen LogP contribution < -0.4 is 5.32 Å². The predicted octanol–water partition coefficient (Wildman–Crippen LogP) is 3.03. The number of hydrogen-bond acceptors (Lipinski definition) is 3. The Balaban J connectivity index is 1.72. The quantitative estimate of drug-likeness (QED) is 0.872. The average Bonchev–Trinajstić information content (AvgIpc) is 2.50. The lowest BCUT2D eigenvalue weighted by Gasteiger charge is -2.32. The van der Waals surface area contributed by atoms with Crippen molar-refractivity contribution in [1.82, 2.24) is 10.2 Å². The van der Waals surface area contributed by atoms with Gasteiger partial charge in [0.1, 0.15) is 0 Å². The maximum absolute atomic E-state index is 12.3. The summed E-state index contributed by atoms with van der Waals surface area (Å²) in [6.07, 6.45) is 2.35. The van der Waals surface area contributed by atoms with Crippen LogP contribution in [0.5, 0.6) is 0 Å². The Morgan fingerprint density at radius 3 is 2.90 bits per heavy atom. The molecule has 1 atom stereocenters. The number of rotatable bonds is 6. The Bertz CT molecular complexity index is 450. The van der Waals surface area contributed by atoms with Gasteiger partial charge in [-0.1, -0.05) is 23.7 Å². The predicted molar refractivity (Wildman–Crippen MR) is 90.8 cm³/mol. The highest BCUT2D eigenvalue weighted by molar-refractivity contribution is 7.99. The first-order chi connectivity index (χ1) is 10.2. The fourth-order valence-corrected chi connectivity index (χ4v) is 3.69. The van der Waals surface area contributed by atoms with E-state index in [0.29, 0.717) is 11.7 Å². The first kappa shape index (κ1) is 16.7. The highest BCUT2D eigenvalue weighted by Gasteiger charge is 2.22. The zero-order valence-corrected chi connectivity index (χ0v) is 14.1. The number of halogens is 1. The van der Waals surface area contributed by atoms with Crippen LogP contribution in [0.2, 0.25) is 5.02 Å². The van der Waals surface area contributed by atoms with Crippen molar-refractivity contribution < 1.29 is 4.79 Å². The van der Waals surface area contributed by atoms with Crippen molar-refractivity contribution in [2.45, 2.75) is 18.6 Å². The van der Waals surface area contributed by atoms with Crippen molar-refractivity contribution in [2.75, 3.05) is 32.4 Å². The lowest BCUT2D eigenvalue weighted by Crippen LogP contribution is -2.43. The normalized spacial score (nSPS) is 18.8. The van der Waals surface area contributed by atoms with Crippen LogP contribution in [0.4, 0.5) is 0 Å². The van der Waals surface area contributed by atoms with Gasteiger partial charge >= 0.3 is 0 Å². The molecule has 0 saturated carbocycles. The summed E-state index contributed by atoms with van der Waals surface area (Å²) in [5.74, 6) is 2.30. The van der Waals surface area contributed by atoms with Crippen LogP contribution in [0.15, 0.2) is 24.3 Å². The number of carbonyl (C=O) groups excluding carboxylic acids is 1. The third-order valence-corrected chi connectivity index (χ3v) is 5.01. The van der Waals surface area contributed by atoms with Crippen molar-refractivity contribution in [1.29, 1.82) is 0 Å². The van der Waals surface area contributed by atoms with Gasteiger partial charge in [0.2, 0.25) is 5.91 Å².